The van der Waals surface area contributed by atoms with Gasteiger partial charge in [0, 0.05) is 30.1 Å². The fourth-order valence-electron chi connectivity index (χ4n) is 6.54. The van der Waals surface area contributed by atoms with Crippen LogP contribution in [-0.4, -0.2) is 54.3 Å². The first-order valence-corrected chi connectivity index (χ1v) is 12.9. The number of aromatic nitrogens is 6. The maximum atomic E-state index is 13.0. The van der Waals surface area contributed by atoms with Crippen LogP contribution in [0, 0.1) is 0 Å². The number of halogens is 3. The van der Waals surface area contributed by atoms with Crippen molar-refractivity contribution in [2.45, 2.75) is 80.6 Å². The Labute approximate surface area is 213 Å². The predicted molar refractivity (Wildman–Crippen MR) is 129 cm³/mol. The zero-order valence-corrected chi connectivity index (χ0v) is 21.4. The van der Waals surface area contributed by atoms with Crippen LogP contribution in [0.25, 0.3) is 0 Å². The number of ether oxygens (including phenoxy) is 1. The van der Waals surface area contributed by atoms with Crippen LogP contribution in [0.5, 0.6) is 5.75 Å². The van der Waals surface area contributed by atoms with Gasteiger partial charge in [0.05, 0.1) is 17.3 Å². The number of rotatable bonds is 7. The van der Waals surface area contributed by atoms with Crippen molar-refractivity contribution in [1.82, 2.24) is 34.7 Å². The molecular weight excluding hydrogens is 483 g/mol. The van der Waals surface area contributed by atoms with Gasteiger partial charge in [-0.3, -0.25) is 0 Å². The summed E-state index contributed by atoms with van der Waals surface area (Å²) in [7, 11) is 6.23. The normalized spacial score (nSPS) is 29.2. The van der Waals surface area contributed by atoms with Gasteiger partial charge in [-0.2, -0.15) is 13.2 Å². The summed E-state index contributed by atoms with van der Waals surface area (Å²) in [5, 5.41) is 17.7. The van der Waals surface area contributed by atoms with Gasteiger partial charge in [-0.25, -0.2) is 4.68 Å². The van der Waals surface area contributed by atoms with Crippen molar-refractivity contribution < 1.29 is 17.9 Å². The zero-order valence-electron chi connectivity index (χ0n) is 21.4. The number of nitrogens with zero attached hydrogens (tertiary/aromatic N) is 7. The molecule has 8 nitrogen and oxygen atoms in total. The van der Waals surface area contributed by atoms with E-state index in [0.717, 1.165) is 49.3 Å². The summed E-state index contributed by atoms with van der Waals surface area (Å²) in [6, 6.07) is 5.22. The Morgan fingerprint density at radius 3 is 2.46 bits per heavy atom. The second kappa shape index (κ2) is 8.54. The van der Waals surface area contributed by atoms with Gasteiger partial charge in [0.2, 0.25) is 0 Å². The highest BCUT2D eigenvalue weighted by molar-refractivity contribution is 5.37. The van der Waals surface area contributed by atoms with Gasteiger partial charge in [-0.05, 0) is 77.2 Å². The third-order valence-corrected chi connectivity index (χ3v) is 8.97. The molecule has 0 aliphatic heterocycles. The molecular formula is C26H32F3N7O. The van der Waals surface area contributed by atoms with Crippen LogP contribution in [-0.2, 0) is 25.2 Å². The molecule has 2 heterocycles. The van der Waals surface area contributed by atoms with Gasteiger partial charge < -0.3 is 14.2 Å². The van der Waals surface area contributed by atoms with Crippen LogP contribution in [0.3, 0.4) is 0 Å². The second-order valence-corrected chi connectivity index (χ2v) is 11.4. The minimum absolute atomic E-state index is 0.0543. The molecule has 3 aromatic rings. The lowest BCUT2D eigenvalue weighted by Gasteiger charge is -2.72. The Morgan fingerprint density at radius 2 is 1.78 bits per heavy atom. The Hall–Kier alpha value is -2.95. The van der Waals surface area contributed by atoms with Crippen LogP contribution < -0.4 is 4.74 Å². The molecule has 0 saturated heterocycles. The third-order valence-electron chi connectivity index (χ3n) is 8.97. The molecule has 1 aromatic carbocycles. The Bertz CT molecular complexity index is 1270. The molecule has 0 amide bonds. The first-order valence-electron chi connectivity index (χ1n) is 12.9. The lowest BCUT2D eigenvalue weighted by Crippen LogP contribution is -2.75. The summed E-state index contributed by atoms with van der Waals surface area (Å²) in [6.07, 6.45) is 5.24. The minimum Gasteiger partial charge on any atom is -0.486 e. The van der Waals surface area contributed by atoms with Crippen molar-refractivity contribution in [3.05, 3.63) is 53.4 Å². The molecule has 7 rings (SSSR count). The van der Waals surface area contributed by atoms with Crippen LogP contribution in [0.1, 0.15) is 79.8 Å². The number of hydrogen-bond donors (Lipinski definition) is 0. The van der Waals surface area contributed by atoms with E-state index in [1.807, 2.05) is 11.6 Å². The van der Waals surface area contributed by atoms with Crippen LogP contribution >= 0.6 is 0 Å². The van der Waals surface area contributed by atoms with Crippen molar-refractivity contribution in [3.63, 3.8) is 0 Å². The number of alkyl halides is 3. The molecule has 0 spiro atoms. The zero-order chi connectivity index (χ0) is 26.0. The van der Waals surface area contributed by atoms with E-state index in [1.54, 1.807) is 0 Å². The summed E-state index contributed by atoms with van der Waals surface area (Å²) in [6.45, 7) is 0.0543. The van der Waals surface area contributed by atoms with Crippen LogP contribution in [0.2, 0.25) is 0 Å². The van der Waals surface area contributed by atoms with Crippen molar-refractivity contribution in [3.8, 4) is 5.75 Å². The molecule has 0 radical (unpaired) electrons. The van der Waals surface area contributed by atoms with Gasteiger partial charge in [-0.1, -0.05) is 11.3 Å². The molecule has 4 saturated carbocycles. The molecule has 0 N–H and O–H groups in total. The van der Waals surface area contributed by atoms with E-state index in [0.29, 0.717) is 17.4 Å². The van der Waals surface area contributed by atoms with Gasteiger partial charge in [0.15, 0.2) is 5.82 Å². The average molecular weight is 516 g/mol. The van der Waals surface area contributed by atoms with E-state index in [1.165, 1.54) is 31.4 Å². The van der Waals surface area contributed by atoms with E-state index >= 15 is 0 Å². The summed E-state index contributed by atoms with van der Waals surface area (Å²) >= 11 is 0. The third kappa shape index (κ3) is 4.11. The quantitative estimate of drug-likeness (QED) is 0.457. The van der Waals surface area contributed by atoms with Crippen molar-refractivity contribution in [1.29, 1.82) is 0 Å². The predicted octanol–water partition coefficient (Wildman–Crippen LogP) is 4.64. The van der Waals surface area contributed by atoms with E-state index < -0.39 is 11.7 Å². The highest BCUT2D eigenvalue weighted by Crippen LogP contribution is 2.69. The topological polar surface area (TPSA) is 73.9 Å². The lowest BCUT2D eigenvalue weighted by atomic mass is 9.38. The molecule has 2 bridgehead atoms. The highest BCUT2D eigenvalue weighted by Gasteiger charge is 2.70. The summed E-state index contributed by atoms with van der Waals surface area (Å²) in [4.78, 5) is 2.36. The minimum atomic E-state index is -4.41. The summed E-state index contributed by atoms with van der Waals surface area (Å²) in [5.74, 6) is 1.91. The Balaban J connectivity index is 1.04. The molecule has 4 aliphatic rings. The number of benzene rings is 1. The number of hydrogen-bond acceptors (Lipinski definition) is 6. The molecule has 0 unspecified atom stereocenters. The first kappa shape index (κ1) is 24.4. The summed E-state index contributed by atoms with van der Waals surface area (Å²) in [5.41, 5.74) is 1.04. The van der Waals surface area contributed by atoms with E-state index in [-0.39, 0.29) is 23.7 Å². The molecule has 0 atom stereocenters. The van der Waals surface area contributed by atoms with Gasteiger partial charge in [0.25, 0.3) is 0 Å². The molecule has 2 aromatic heterocycles. The lowest BCUT2D eigenvalue weighted by molar-refractivity contribution is -0.153. The SMILES string of the molecule is CN(C)C12CC(c3cn([C@H]4CC[C@H](c5nnc(COc6cccc(C(F)(F)F)c6)n5C)CC4)nn3)(C1)C2. The van der Waals surface area contributed by atoms with Gasteiger partial charge in [-0.15, -0.1) is 15.3 Å². The highest BCUT2D eigenvalue weighted by atomic mass is 19.4. The molecule has 11 heteroatoms. The van der Waals surface area contributed by atoms with E-state index in [2.05, 4.69) is 50.4 Å². The fourth-order valence-corrected chi connectivity index (χ4v) is 6.54. The average Bonchev–Trinajstić information content (AvgIpc) is 3.43. The Morgan fingerprint density at radius 1 is 1.05 bits per heavy atom. The van der Waals surface area contributed by atoms with E-state index in [4.69, 9.17) is 4.74 Å². The molecule has 198 valence electrons. The van der Waals surface area contributed by atoms with Crippen molar-refractivity contribution in [2.24, 2.45) is 7.05 Å². The van der Waals surface area contributed by atoms with Gasteiger partial charge in [0.1, 0.15) is 18.2 Å². The fraction of sp³-hybridized carbons (Fsp3) is 0.615. The molecule has 4 fully saturated rings. The standard InChI is InChI=1S/C26H32F3N7O/c1-34(2)25-14-24(15-25,16-25)21-12-36(33-30-21)19-9-7-17(8-10-19)23-32-31-22(35(23)3)13-37-20-6-4-5-18(11-20)26(27,28)29/h4-6,11-12,17,19H,7-10,13-16H2,1-3H3/t17-,19-,24?,25?. The second-order valence-electron chi connectivity index (χ2n) is 11.4. The maximum Gasteiger partial charge on any atom is 0.416 e. The van der Waals surface area contributed by atoms with Crippen LogP contribution in [0.15, 0.2) is 30.5 Å². The smallest absolute Gasteiger partial charge is 0.416 e. The summed E-state index contributed by atoms with van der Waals surface area (Å²) < 4.78 is 48.5. The van der Waals surface area contributed by atoms with Gasteiger partial charge >= 0.3 is 6.18 Å². The molecule has 4 aliphatic carbocycles. The maximum absolute atomic E-state index is 13.0. The van der Waals surface area contributed by atoms with E-state index in [9.17, 15) is 13.2 Å². The van der Waals surface area contributed by atoms with Crippen molar-refractivity contribution >= 4 is 0 Å². The molecule has 37 heavy (non-hydrogen) atoms. The Kier molecular flexibility index (Phi) is 5.63. The van der Waals surface area contributed by atoms with Crippen molar-refractivity contribution in [2.75, 3.05) is 14.1 Å². The largest absolute Gasteiger partial charge is 0.486 e. The monoisotopic (exact) mass is 515 g/mol. The van der Waals surface area contributed by atoms with Crippen LogP contribution in [0.4, 0.5) is 13.2 Å². The first-order chi connectivity index (χ1) is 17.6.